The van der Waals surface area contributed by atoms with Crippen molar-refractivity contribution in [3.8, 4) is 0 Å². The fourth-order valence-electron chi connectivity index (χ4n) is 2.83. The Morgan fingerprint density at radius 1 is 0.800 bits per heavy atom. The fraction of sp³-hybridized carbons (Fsp3) is 0.0556. The predicted octanol–water partition coefficient (Wildman–Crippen LogP) is 4.21. The van der Waals surface area contributed by atoms with Crippen molar-refractivity contribution in [1.29, 1.82) is 0 Å². The van der Waals surface area contributed by atoms with Gasteiger partial charge in [-0.05, 0) is 28.5 Å². The van der Waals surface area contributed by atoms with E-state index in [1.807, 2.05) is 30.3 Å². The normalized spacial score (nSPS) is 14.9. The maximum atomic E-state index is 4.60. The quantitative estimate of drug-likeness (QED) is 0.684. The van der Waals surface area contributed by atoms with Gasteiger partial charge in [-0.1, -0.05) is 54.6 Å². The molecule has 0 atom stereocenters. The van der Waals surface area contributed by atoms with Gasteiger partial charge in [0.15, 0.2) is 0 Å². The van der Waals surface area contributed by atoms with Gasteiger partial charge in [0.1, 0.15) is 0 Å². The van der Waals surface area contributed by atoms with Crippen LogP contribution in [0, 0.1) is 0 Å². The molecule has 0 aromatic heterocycles. The topological polar surface area (TPSA) is 24.4 Å². The van der Waals surface area contributed by atoms with Crippen LogP contribution in [0.5, 0.6) is 0 Å². The summed E-state index contributed by atoms with van der Waals surface area (Å²) < 4.78 is 0. The van der Waals surface area contributed by atoms with Gasteiger partial charge < -0.3 is 0 Å². The highest BCUT2D eigenvalue weighted by Gasteiger charge is 2.19. The van der Waals surface area contributed by atoms with E-state index in [-0.39, 0.29) is 0 Å². The first-order valence-corrected chi connectivity index (χ1v) is 6.80. The molecule has 3 aromatic rings. The maximum Gasteiger partial charge on any atom is 0.0729 e. The number of hydrogen-bond donors (Lipinski definition) is 1. The molecule has 0 spiro atoms. The Labute approximate surface area is 117 Å². The molecule has 0 aliphatic heterocycles. The van der Waals surface area contributed by atoms with Crippen molar-refractivity contribution in [2.24, 2.45) is 5.10 Å². The number of anilines is 1. The molecular formula is C18H14N2. The lowest BCUT2D eigenvalue weighted by Gasteiger charge is -2.03. The first-order valence-electron chi connectivity index (χ1n) is 6.80. The van der Waals surface area contributed by atoms with E-state index in [1.54, 1.807) is 0 Å². The highest BCUT2D eigenvalue weighted by atomic mass is 15.3. The number of benzene rings is 3. The van der Waals surface area contributed by atoms with Crippen LogP contribution in [0.4, 0.5) is 5.69 Å². The molecule has 0 saturated carbocycles. The first-order chi connectivity index (χ1) is 9.92. The SMILES string of the molecule is c1ccc(N/N=C2\Cc3cccc4cccc2c34)cc1. The van der Waals surface area contributed by atoms with Crippen LogP contribution in [0.2, 0.25) is 0 Å². The summed E-state index contributed by atoms with van der Waals surface area (Å²) in [6.45, 7) is 0. The Bertz CT molecular complexity index is 799. The lowest BCUT2D eigenvalue weighted by atomic mass is 10.1. The van der Waals surface area contributed by atoms with Crippen molar-refractivity contribution in [3.63, 3.8) is 0 Å². The van der Waals surface area contributed by atoms with Crippen LogP contribution in [0.1, 0.15) is 11.1 Å². The number of para-hydroxylation sites is 1. The average molecular weight is 258 g/mol. The summed E-state index contributed by atoms with van der Waals surface area (Å²) in [6.07, 6.45) is 0.899. The van der Waals surface area contributed by atoms with E-state index in [9.17, 15) is 0 Å². The second-order valence-electron chi connectivity index (χ2n) is 5.03. The monoisotopic (exact) mass is 258 g/mol. The van der Waals surface area contributed by atoms with Gasteiger partial charge >= 0.3 is 0 Å². The second-order valence-corrected chi connectivity index (χ2v) is 5.03. The molecule has 1 N–H and O–H groups in total. The summed E-state index contributed by atoms with van der Waals surface area (Å²) in [4.78, 5) is 0. The van der Waals surface area contributed by atoms with E-state index in [4.69, 9.17) is 0 Å². The van der Waals surface area contributed by atoms with Crippen molar-refractivity contribution in [3.05, 3.63) is 77.9 Å². The summed E-state index contributed by atoms with van der Waals surface area (Å²) in [7, 11) is 0. The van der Waals surface area contributed by atoms with Crippen LogP contribution in [-0.2, 0) is 6.42 Å². The molecule has 1 aliphatic rings. The highest BCUT2D eigenvalue weighted by Crippen LogP contribution is 2.30. The zero-order valence-corrected chi connectivity index (χ0v) is 11.0. The van der Waals surface area contributed by atoms with E-state index < -0.39 is 0 Å². The third-order valence-corrected chi connectivity index (χ3v) is 3.75. The molecule has 96 valence electrons. The van der Waals surface area contributed by atoms with Crippen LogP contribution < -0.4 is 5.43 Å². The van der Waals surface area contributed by atoms with Crippen LogP contribution >= 0.6 is 0 Å². The van der Waals surface area contributed by atoms with E-state index in [2.05, 4.69) is 46.9 Å². The number of nitrogens with one attached hydrogen (secondary N) is 1. The molecule has 0 radical (unpaired) electrons. The molecular weight excluding hydrogens is 244 g/mol. The lowest BCUT2D eigenvalue weighted by molar-refractivity contribution is 1.29. The first kappa shape index (κ1) is 11.2. The minimum absolute atomic E-state index is 0.899. The second kappa shape index (κ2) is 4.49. The Kier molecular flexibility index (Phi) is 2.52. The molecule has 3 aromatic carbocycles. The summed E-state index contributed by atoms with van der Waals surface area (Å²) in [6, 6.07) is 23.0. The molecule has 0 unspecified atom stereocenters. The molecule has 0 amide bonds. The van der Waals surface area contributed by atoms with E-state index in [0.29, 0.717) is 0 Å². The molecule has 20 heavy (non-hydrogen) atoms. The van der Waals surface area contributed by atoms with Crippen LogP contribution in [0.3, 0.4) is 0 Å². The number of nitrogens with zero attached hydrogens (tertiary/aromatic N) is 1. The number of hydrazone groups is 1. The Morgan fingerprint density at radius 2 is 1.60 bits per heavy atom. The Balaban J connectivity index is 1.75. The van der Waals surface area contributed by atoms with Gasteiger partial charge in [0, 0.05) is 12.0 Å². The summed E-state index contributed by atoms with van der Waals surface area (Å²) in [5.41, 5.74) is 7.90. The number of rotatable bonds is 2. The van der Waals surface area contributed by atoms with Crippen molar-refractivity contribution >= 4 is 22.2 Å². The van der Waals surface area contributed by atoms with E-state index in [0.717, 1.165) is 17.8 Å². The molecule has 2 nitrogen and oxygen atoms in total. The van der Waals surface area contributed by atoms with Crippen LogP contribution in [-0.4, -0.2) is 5.71 Å². The molecule has 0 bridgehead atoms. The van der Waals surface area contributed by atoms with Crippen LogP contribution in [0.25, 0.3) is 10.8 Å². The standard InChI is InChI=1S/C18H14N2/c1-2-9-15(10-3-1)19-20-17-12-14-8-4-6-13-7-5-11-16(17)18(13)14/h1-11,19H,12H2/b20-17+. The molecule has 2 heteroatoms. The summed E-state index contributed by atoms with van der Waals surface area (Å²) in [5, 5.41) is 7.25. The lowest BCUT2D eigenvalue weighted by Crippen LogP contribution is -2.02. The van der Waals surface area contributed by atoms with Gasteiger partial charge in [-0.2, -0.15) is 5.10 Å². The zero-order chi connectivity index (χ0) is 13.4. The number of hydrogen-bond acceptors (Lipinski definition) is 2. The third-order valence-electron chi connectivity index (χ3n) is 3.75. The Morgan fingerprint density at radius 3 is 2.45 bits per heavy atom. The largest absolute Gasteiger partial charge is 0.278 e. The Hall–Kier alpha value is -2.61. The highest BCUT2D eigenvalue weighted by molar-refractivity contribution is 6.18. The van der Waals surface area contributed by atoms with Gasteiger partial charge in [-0.25, -0.2) is 0 Å². The third kappa shape index (κ3) is 1.77. The minimum Gasteiger partial charge on any atom is -0.278 e. The smallest absolute Gasteiger partial charge is 0.0729 e. The van der Waals surface area contributed by atoms with Gasteiger partial charge in [0.05, 0.1) is 11.4 Å². The van der Waals surface area contributed by atoms with E-state index in [1.165, 1.54) is 21.9 Å². The van der Waals surface area contributed by atoms with Crippen LogP contribution in [0.15, 0.2) is 71.8 Å². The van der Waals surface area contributed by atoms with E-state index >= 15 is 0 Å². The molecule has 0 saturated heterocycles. The molecule has 1 aliphatic carbocycles. The maximum absolute atomic E-state index is 4.60. The van der Waals surface area contributed by atoms with Crippen molar-refractivity contribution in [2.75, 3.05) is 5.43 Å². The fourth-order valence-corrected chi connectivity index (χ4v) is 2.83. The minimum atomic E-state index is 0.899. The predicted molar refractivity (Wildman–Crippen MR) is 84.3 cm³/mol. The average Bonchev–Trinajstić information content (AvgIpc) is 2.87. The summed E-state index contributed by atoms with van der Waals surface area (Å²) >= 11 is 0. The summed E-state index contributed by atoms with van der Waals surface area (Å²) in [5.74, 6) is 0. The van der Waals surface area contributed by atoms with Gasteiger partial charge in [0.25, 0.3) is 0 Å². The van der Waals surface area contributed by atoms with Crippen molar-refractivity contribution < 1.29 is 0 Å². The zero-order valence-electron chi connectivity index (χ0n) is 11.0. The molecule has 4 rings (SSSR count). The van der Waals surface area contributed by atoms with Gasteiger partial charge in [-0.3, -0.25) is 5.43 Å². The van der Waals surface area contributed by atoms with Crippen molar-refractivity contribution in [2.45, 2.75) is 6.42 Å². The molecule has 0 fully saturated rings. The van der Waals surface area contributed by atoms with Crippen molar-refractivity contribution in [1.82, 2.24) is 0 Å². The van der Waals surface area contributed by atoms with Gasteiger partial charge in [-0.15, -0.1) is 0 Å². The molecule has 0 heterocycles. The van der Waals surface area contributed by atoms with Gasteiger partial charge in [0.2, 0.25) is 0 Å².